The highest BCUT2D eigenvalue weighted by Crippen LogP contribution is 2.17. The molecular formula is C21H21N7O2. The van der Waals surface area contributed by atoms with Crippen molar-refractivity contribution >= 4 is 23.3 Å². The number of nitrogens with zero attached hydrogens (tertiary/aromatic N) is 6. The molecular weight excluding hydrogens is 382 g/mol. The number of nitrogens with one attached hydrogen (secondary N) is 1. The zero-order chi connectivity index (χ0) is 21.1. The van der Waals surface area contributed by atoms with Gasteiger partial charge in [-0.1, -0.05) is 30.3 Å². The molecule has 152 valence electrons. The van der Waals surface area contributed by atoms with E-state index in [9.17, 15) is 9.59 Å². The van der Waals surface area contributed by atoms with Crippen LogP contribution in [0.4, 0.5) is 5.95 Å². The molecule has 0 aliphatic rings. The van der Waals surface area contributed by atoms with Crippen LogP contribution < -0.4 is 16.7 Å². The molecule has 4 rings (SSSR count). The van der Waals surface area contributed by atoms with Crippen LogP contribution in [0.25, 0.3) is 11.2 Å². The van der Waals surface area contributed by atoms with Gasteiger partial charge in [0.25, 0.3) is 5.56 Å². The highest BCUT2D eigenvalue weighted by molar-refractivity contribution is 5.80. The van der Waals surface area contributed by atoms with Gasteiger partial charge in [-0.05, 0) is 29.7 Å². The van der Waals surface area contributed by atoms with Crippen LogP contribution in [0.2, 0.25) is 0 Å². The van der Waals surface area contributed by atoms with Crippen LogP contribution in [-0.4, -0.2) is 29.9 Å². The van der Waals surface area contributed by atoms with Gasteiger partial charge in [0.15, 0.2) is 11.2 Å². The lowest BCUT2D eigenvalue weighted by atomic mass is 10.1. The Balaban J connectivity index is 1.76. The zero-order valence-electron chi connectivity index (χ0n) is 16.7. The highest BCUT2D eigenvalue weighted by Gasteiger charge is 2.18. The van der Waals surface area contributed by atoms with E-state index >= 15 is 0 Å². The fourth-order valence-corrected chi connectivity index (χ4v) is 3.25. The summed E-state index contributed by atoms with van der Waals surface area (Å²) in [6.45, 7) is 0.501. The Kier molecular flexibility index (Phi) is 5.25. The largest absolute Gasteiger partial charge is 0.332 e. The third-order valence-corrected chi connectivity index (χ3v) is 4.90. The molecule has 9 heteroatoms. The SMILES string of the molecule is Cn1c(=O)c2c(nc(NN=Cc3ccncc3)n2CCc2ccccc2)n(C)c1=O. The number of imidazole rings is 1. The number of benzene rings is 1. The highest BCUT2D eigenvalue weighted by atomic mass is 16.2. The Bertz CT molecular complexity index is 1320. The molecule has 0 aliphatic heterocycles. The van der Waals surface area contributed by atoms with Crippen molar-refractivity contribution in [2.24, 2.45) is 19.2 Å². The maximum atomic E-state index is 12.9. The van der Waals surface area contributed by atoms with Crippen molar-refractivity contribution in [2.75, 3.05) is 5.43 Å². The second kappa shape index (κ2) is 8.16. The van der Waals surface area contributed by atoms with Gasteiger partial charge in [-0.3, -0.25) is 18.9 Å². The second-order valence-electron chi connectivity index (χ2n) is 6.85. The first-order valence-electron chi connectivity index (χ1n) is 9.45. The monoisotopic (exact) mass is 403 g/mol. The Labute approximate surface area is 172 Å². The number of hydrazone groups is 1. The quantitative estimate of drug-likeness (QED) is 0.389. The van der Waals surface area contributed by atoms with E-state index in [-0.39, 0.29) is 5.56 Å². The van der Waals surface area contributed by atoms with Crippen molar-refractivity contribution in [1.82, 2.24) is 23.7 Å². The first-order valence-corrected chi connectivity index (χ1v) is 9.45. The number of aryl methyl sites for hydroxylation is 3. The molecule has 0 aliphatic carbocycles. The number of rotatable bonds is 6. The molecule has 3 aromatic heterocycles. The van der Waals surface area contributed by atoms with E-state index in [2.05, 4.69) is 20.5 Å². The summed E-state index contributed by atoms with van der Waals surface area (Å²) in [5, 5.41) is 4.24. The smallest absolute Gasteiger partial charge is 0.303 e. The number of aromatic nitrogens is 5. The zero-order valence-corrected chi connectivity index (χ0v) is 16.7. The minimum atomic E-state index is -0.424. The molecule has 0 bridgehead atoms. The Hall–Kier alpha value is -4.01. The molecule has 1 N–H and O–H groups in total. The normalized spacial score (nSPS) is 11.4. The maximum Gasteiger partial charge on any atom is 0.332 e. The Morgan fingerprint density at radius 3 is 2.50 bits per heavy atom. The van der Waals surface area contributed by atoms with E-state index in [1.807, 2.05) is 42.5 Å². The molecule has 0 atom stereocenters. The molecule has 0 saturated heterocycles. The molecule has 9 nitrogen and oxygen atoms in total. The molecule has 0 amide bonds. The van der Waals surface area contributed by atoms with Crippen molar-refractivity contribution in [3.63, 3.8) is 0 Å². The van der Waals surface area contributed by atoms with E-state index in [4.69, 9.17) is 0 Å². The Morgan fingerprint density at radius 2 is 1.77 bits per heavy atom. The average molecular weight is 403 g/mol. The number of hydrogen-bond acceptors (Lipinski definition) is 6. The van der Waals surface area contributed by atoms with Crippen molar-refractivity contribution in [2.45, 2.75) is 13.0 Å². The number of hydrogen-bond donors (Lipinski definition) is 1. The van der Waals surface area contributed by atoms with Gasteiger partial charge in [0, 0.05) is 33.0 Å². The fourth-order valence-electron chi connectivity index (χ4n) is 3.25. The van der Waals surface area contributed by atoms with Crippen LogP contribution >= 0.6 is 0 Å². The molecule has 4 aromatic rings. The molecule has 1 aromatic carbocycles. The van der Waals surface area contributed by atoms with Gasteiger partial charge in [0.1, 0.15) is 0 Å². The van der Waals surface area contributed by atoms with Crippen LogP contribution in [0.5, 0.6) is 0 Å². The summed E-state index contributed by atoms with van der Waals surface area (Å²) in [4.78, 5) is 33.7. The van der Waals surface area contributed by atoms with Gasteiger partial charge >= 0.3 is 5.69 Å². The maximum absolute atomic E-state index is 12.9. The first kappa shape index (κ1) is 19.3. The van der Waals surface area contributed by atoms with Gasteiger partial charge in [0.05, 0.1) is 6.21 Å². The summed E-state index contributed by atoms with van der Waals surface area (Å²) in [7, 11) is 3.07. The number of anilines is 1. The van der Waals surface area contributed by atoms with E-state index in [0.29, 0.717) is 30.1 Å². The van der Waals surface area contributed by atoms with Crippen molar-refractivity contribution < 1.29 is 0 Å². The van der Waals surface area contributed by atoms with Crippen molar-refractivity contribution in [3.8, 4) is 0 Å². The summed E-state index contributed by atoms with van der Waals surface area (Å²) in [6.07, 6.45) is 5.69. The minimum Gasteiger partial charge on any atom is -0.303 e. The van der Waals surface area contributed by atoms with Crippen molar-refractivity contribution in [1.29, 1.82) is 0 Å². The van der Waals surface area contributed by atoms with Crippen LogP contribution in [-0.2, 0) is 27.1 Å². The molecule has 0 spiro atoms. The molecule has 0 radical (unpaired) electrons. The van der Waals surface area contributed by atoms with E-state index < -0.39 is 5.69 Å². The van der Waals surface area contributed by atoms with Crippen LogP contribution in [0.15, 0.2) is 69.5 Å². The van der Waals surface area contributed by atoms with Crippen LogP contribution in [0.1, 0.15) is 11.1 Å². The first-order chi connectivity index (χ1) is 14.6. The van der Waals surface area contributed by atoms with E-state index in [1.165, 1.54) is 11.6 Å². The van der Waals surface area contributed by atoms with Crippen LogP contribution in [0, 0.1) is 0 Å². The third-order valence-electron chi connectivity index (χ3n) is 4.90. The lowest BCUT2D eigenvalue weighted by Gasteiger charge is -2.09. The number of pyridine rings is 1. The summed E-state index contributed by atoms with van der Waals surface area (Å²) < 4.78 is 4.23. The summed E-state index contributed by atoms with van der Waals surface area (Å²) in [5.74, 6) is 0.393. The summed E-state index contributed by atoms with van der Waals surface area (Å²) in [6, 6.07) is 13.6. The number of fused-ring (bicyclic) bond motifs is 1. The predicted octanol–water partition coefficient (Wildman–Crippen LogP) is 1.52. The Morgan fingerprint density at radius 1 is 1.03 bits per heavy atom. The lowest BCUT2D eigenvalue weighted by Crippen LogP contribution is -2.37. The average Bonchev–Trinajstić information content (AvgIpc) is 3.15. The third kappa shape index (κ3) is 3.64. The predicted molar refractivity (Wildman–Crippen MR) is 116 cm³/mol. The van der Waals surface area contributed by atoms with Gasteiger partial charge < -0.3 is 4.57 Å². The van der Waals surface area contributed by atoms with Gasteiger partial charge in [-0.2, -0.15) is 10.1 Å². The summed E-state index contributed by atoms with van der Waals surface area (Å²) >= 11 is 0. The summed E-state index contributed by atoms with van der Waals surface area (Å²) in [5.41, 5.74) is 4.78. The lowest BCUT2D eigenvalue weighted by molar-refractivity contribution is 0.687. The topological polar surface area (TPSA) is 99.1 Å². The van der Waals surface area contributed by atoms with Gasteiger partial charge in [-0.15, -0.1) is 0 Å². The molecule has 0 saturated carbocycles. The molecule has 0 fully saturated rings. The van der Waals surface area contributed by atoms with E-state index in [0.717, 1.165) is 15.7 Å². The van der Waals surface area contributed by atoms with Crippen molar-refractivity contribution in [3.05, 3.63) is 86.8 Å². The molecule has 0 unspecified atom stereocenters. The fraction of sp³-hybridized carbons (Fsp3) is 0.190. The standard InChI is InChI=1S/C21H21N7O2/c1-26-18-17(19(29)27(2)21(26)30)28(13-10-15-6-4-3-5-7-15)20(24-18)25-23-14-16-8-11-22-12-9-16/h3-9,11-12,14H,10,13H2,1-2H3,(H,24,25). The molecule has 3 heterocycles. The van der Waals surface area contributed by atoms with E-state index in [1.54, 1.807) is 30.2 Å². The van der Waals surface area contributed by atoms with Gasteiger partial charge in [0.2, 0.25) is 5.95 Å². The minimum absolute atomic E-state index is 0.317. The second-order valence-corrected chi connectivity index (χ2v) is 6.85. The van der Waals surface area contributed by atoms with Gasteiger partial charge in [-0.25, -0.2) is 10.2 Å². The van der Waals surface area contributed by atoms with Crippen LogP contribution in [0.3, 0.4) is 0 Å². The molecule has 30 heavy (non-hydrogen) atoms.